The minimum atomic E-state index is -3.73. The molecule has 0 saturated carbocycles. The van der Waals surface area contributed by atoms with E-state index in [9.17, 15) is 8.42 Å². The van der Waals surface area contributed by atoms with Gasteiger partial charge in [-0.3, -0.25) is 9.62 Å². The molecular weight excluding hydrogens is 452 g/mol. The zero-order valence-electron chi connectivity index (χ0n) is 17.4. The molecule has 1 aliphatic heterocycles. The number of likely N-dealkylation sites (tertiary alicyclic amines) is 1. The Morgan fingerprint density at radius 2 is 2.03 bits per heavy atom. The number of halogens is 1. The van der Waals surface area contributed by atoms with Crippen molar-refractivity contribution in [2.75, 3.05) is 29.8 Å². The number of thiazole rings is 1. The molecule has 1 aliphatic rings. The standard InChI is InChI=1S/C22H25ClN4O2S2/c1-16(17-6-4-3-5-7-17)27-12-10-18(15-27)26(2)21-9-8-19(14-20(21)23)31(28,29)25-22-24-11-13-30-22/h3-9,11,13-14,16,18H,10,12,15H2,1-2H3,(H,24,25)/t16-,18-/m0/s1. The van der Waals surface area contributed by atoms with Crippen molar-refractivity contribution in [1.82, 2.24) is 9.88 Å². The Labute approximate surface area is 192 Å². The smallest absolute Gasteiger partial charge is 0.263 e. The van der Waals surface area contributed by atoms with Crippen LogP contribution in [-0.4, -0.2) is 44.5 Å². The van der Waals surface area contributed by atoms with E-state index in [0.29, 0.717) is 22.2 Å². The first kappa shape index (κ1) is 22.1. The Morgan fingerprint density at radius 3 is 2.71 bits per heavy atom. The van der Waals surface area contributed by atoms with Gasteiger partial charge in [0.25, 0.3) is 10.0 Å². The van der Waals surface area contributed by atoms with E-state index in [1.807, 2.05) is 13.1 Å². The van der Waals surface area contributed by atoms with Crippen LogP contribution in [0.2, 0.25) is 5.02 Å². The Kier molecular flexibility index (Phi) is 6.52. The predicted octanol–water partition coefficient (Wildman–Crippen LogP) is 4.87. The van der Waals surface area contributed by atoms with Crippen LogP contribution in [0.3, 0.4) is 0 Å². The molecule has 0 radical (unpaired) electrons. The summed E-state index contributed by atoms with van der Waals surface area (Å²) in [5, 5.41) is 2.46. The number of nitrogens with one attached hydrogen (secondary N) is 1. The summed E-state index contributed by atoms with van der Waals surface area (Å²) >= 11 is 7.75. The van der Waals surface area contributed by atoms with Gasteiger partial charge in [0.2, 0.25) is 0 Å². The molecule has 1 fully saturated rings. The fourth-order valence-electron chi connectivity index (χ4n) is 3.96. The minimum absolute atomic E-state index is 0.121. The molecule has 2 aromatic carbocycles. The number of anilines is 2. The van der Waals surface area contributed by atoms with Gasteiger partial charge in [-0.2, -0.15) is 0 Å². The summed E-state index contributed by atoms with van der Waals surface area (Å²) in [6, 6.07) is 16.0. The summed E-state index contributed by atoms with van der Waals surface area (Å²) in [5.41, 5.74) is 2.14. The highest BCUT2D eigenvalue weighted by Crippen LogP contribution is 2.33. The third-order valence-corrected chi connectivity index (χ3v) is 8.29. The van der Waals surface area contributed by atoms with Gasteiger partial charge in [0.05, 0.1) is 15.6 Å². The van der Waals surface area contributed by atoms with Crippen LogP contribution in [0.25, 0.3) is 0 Å². The second-order valence-electron chi connectivity index (χ2n) is 7.69. The first-order valence-electron chi connectivity index (χ1n) is 10.1. The van der Waals surface area contributed by atoms with E-state index >= 15 is 0 Å². The monoisotopic (exact) mass is 476 g/mol. The molecule has 0 spiro atoms. The van der Waals surface area contributed by atoms with Crippen molar-refractivity contribution in [2.24, 2.45) is 0 Å². The predicted molar refractivity (Wildman–Crippen MR) is 128 cm³/mol. The number of hydrogen-bond acceptors (Lipinski definition) is 6. The molecule has 3 aromatic rings. The third-order valence-electron chi connectivity index (χ3n) is 5.84. The fraction of sp³-hybridized carbons (Fsp3) is 0.318. The van der Waals surface area contributed by atoms with Gasteiger partial charge in [-0.05, 0) is 37.1 Å². The van der Waals surface area contributed by atoms with E-state index in [4.69, 9.17) is 11.6 Å². The maximum atomic E-state index is 12.6. The SMILES string of the molecule is C[C@@H](c1ccccc1)N1CC[C@H](N(C)c2ccc(S(=O)(=O)Nc3nccs3)cc2Cl)C1. The summed E-state index contributed by atoms with van der Waals surface area (Å²) in [5.74, 6) is 0. The van der Waals surface area contributed by atoms with Crippen LogP contribution < -0.4 is 9.62 Å². The molecule has 2 atom stereocenters. The Morgan fingerprint density at radius 1 is 1.26 bits per heavy atom. The molecule has 6 nitrogen and oxygen atoms in total. The molecule has 0 aliphatic carbocycles. The van der Waals surface area contributed by atoms with E-state index in [1.54, 1.807) is 23.7 Å². The average Bonchev–Trinajstić information content (AvgIpc) is 3.45. The highest BCUT2D eigenvalue weighted by molar-refractivity contribution is 7.93. The molecule has 4 rings (SSSR count). The lowest BCUT2D eigenvalue weighted by atomic mass is 10.1. The van der Waals surface area contributed by atoms with Gasteiger partial charge in [0, 0.05) is 43.8 Å². The van der Waals surface area contributed by atoms with Gasteiger partial charge in [-0.15, -0.1) is 11.3 Å². The average molecular weight is 477 g/mol. The molecule has 1 N–H and O–H groups in total. The quantitative estimate of drug-likeness (QED) is 0.527. The highest BCUT2D eigenvalue weighted by atomic mass is 35.5. The number of benzene rings is 2. The first-order chi connectivity index (χ1) is 14.8. The molecule has 2 heterocycles. The fourth-order valence-corrected chi connectivity index (χ4v) is 6.16. The third kappa shape index (κ3) is 4.87. The lowest BCUT2D eigenvalue weighted by Gasteiger charge is -2.30. The van der Waals surface area contributed by atoms with Gasteiger partial charge in [0.1, 0.15) is 0 Å². The number of nitrogens with zero attached hydrogens (tertiary/aromatic N) is 3. The van der Waals surface area contributed by atoms with Crippen LogP contribution in [0.5, 0.6) is 0 Å². The summed E-state index contributed by atoms with van der Waals surface area (Å²) in [4.78, 5) is 8.72. The van der Waals surface area contributed by atoms with Crippen LogP contribution in [0.4, 0.5) is 10.8 Å². The number of sulfonamides is 1. The van der Waals surface area contributed by atoms with Crippen molar-refractivity contribution in [3.63, 3.8) is 0 Å². The number of hydrogen-bond donors (Lipinski definition) is 1. The number of rotatable bonds is 7. The molecule has 0 unspecified atom stereocenters. The highest BCUT2D eigenvalue weighted by Gasteiger charge is 2.30. The van der Waals surface area contributed by atoms with E-state index in [-0.39, 0.29) is 4.90 Å². The molecule has 1 saturated heterocycles. The zero-order chi connectivity index (χ0) is 22.0. The molecule has 0 bridgehead atoms. The summed E-state index contributed by atoms with van der Waals surface area (Å²) < 4.78 is 27.7. The Balaban J connectivity index is 1.46. The topological polar surface area (TPSA) is 65.5 Å². The lowest BCUT2D eigenvalue weighted by Crippen LogP contribution is -2.35. The zero-order valence-corrected chi connectivity index (χ0v) is 19.8. The Hall–Kier alpha value is -2.13. The van der Waals surface area contributed by atoms with E-state index in [2.05, 4.69) is 50.7 Å². The summed E-state index contributed by atoms with van der Waals surface area (Å²) in [7, 11) is -1.71. The maximum Gasteiger partial charge on any atom is 0.263 e. The van der Waals surface area contributed by atoms with Crippen LogP contribution >= 0.6 is 22.9 Å². The minimum Gasteiger partial charge on any atom is -0.369 e. The van der Waals surface area contributed by atoms with Crippen LogP contribution in [0.1, 0.15) is 24.9 Å². The first-order valence-corrected chi connectivity index (χ1v) is 12.8. The molecule has 1 aromatic heterocycles. The second kappa shape index (κ2) is 9.16. The van der Waals surface area contributed by atoms with Crippen molar-refractivity contribution < 1.29 is 8.42 Å². The lowest BCUT2D eigenvalue weighted by molar-refractivity contribution is 0.259. The van der Waals surface area contributed by atoms with Crippen LogP contribution in [-0.2, 0) is 10.0 Å². The maximum absolute atomic E-state index is 12.6. The van der Waals surface area contributed by atoms with Crippen molar-refractivity contribution in [2.45, 2.75) is 30.3 Å². The summed E-state index contributed by atoms with van der Waals surface area (Å²) in [6.45, 7) is 4.17. The number of aromatic nitrogens is 1. The molecular formula is C22H25ClN4O2S2. The second-order valence-corrected chi connectivity index (χ2v) is 10.7. The van der Waals surface area contributed by atoms with Crippen molar-refractivity contribution >= 4 is 43.8 Å². The molecule has 164 valence electrons. The van der Waals surface area contributed by atoms with Crippen molar-refractivity contribution in [1.29, 1.82) is 0 Å². The van der Waals surface area contributed by atoms with Crippen LogP contribution in [0.15, 0.2) is 65.0 Å². The van der Waals surface area contributed by atoms with Crippen LogP contribution in [0, 0.1) is 0 Å². The number of likely N-dealkylation sites (N-methyl/N-ethyl adjacent to an activating group) is 1. The van der Waals surface area contributed by atoms with Gasteiger partial charge in [-0.25, -0.2) is 13.4 Å². The van der Waals surface area contributed by atoms with Gasteiger partial charge >= 0.3 is 0 Å². The van der Waals surface area contributed by atoms with Crippen molar-refractivity contribution in [3.05, 3.63) is 70.7 Å². The van der Waals surface area contributed by atoms with Gasteiger partial charge in [-0.1, -0.05) is 41.9 Å². The summed E-state index contributed by atoms with van der Waals surface area (Å²) in [6.07, 6.45) is 2.58. The molecule has 0 amide bonds. The van der Waals surface area contributed by atoms with E-state index in [1.165, 1.54) is 23.0 Å². The molecule has 9 heteroatoms. The van der Waals surface area contributed by atoms with Crippen molar-refractivity contribution in [3.8, 4) is 0 Å². The van der Waals surface area contributed by atoms with E-state index in [0.717, 1.165) is 25.2 Å². The van der Waals surface area contributed by atoms with E-state index < -0.39 is 10.0 Å². The largest absolute Gasteiger partial charge is 0.369 e. The van der Waals surface area contributed by atoms with Gasteiger partial charge in [0.15, 0.2) is 5.13 Å². The van der Waals surface area contributed by atoms with Gasteiger partial charge < -0.3 is 4.90 Å². The normalized spacial score (nSPS) is 18.1. The Bertz CT molecular complexity index is 1120. The molecule has 31 heavy (non-hydrogen) atoms.